The molecule has 2 aromatic carbocycles. The van der Waals surface area contributed by atoms with Gasteiger partial charge in [-0.2, -0.15) is 0 Å². The first-order valence-corrected chi connectivity index (χ1v) is 9.65. The lowest BCUT2D eigenvalue weighted by atomic mass is 10.00. The van der Waals surface area contributed by atoms with Crippen LogP contribution >= 0.6 is 0 Å². The molecule has 3 rings (SSSR count). The molecule has 1 aliphatic heterocycles. The lowest BCUT2D eigenvalue weighted by Gasteiger charge is -2.26. The van der Waals surface area contributed by atoms with E-state index in [1.807, 2.05) is 37.3 Å². The van der Waals surface area contributed by atoms with Crippen molar-refractivity contribution in [3.8, 4) is 17.2 Å². The summed E-state index contributed by atoms with van der Waals surface area (Å²) in [5, 5.41) is 3.12. The number of nitrogens with one attached hydrogen (secondary N) is 1. The first-order chi connectivity index (χ1) is 13.2. The van der Waals surface area contributed by atoms with Gasteiger partial charge in [-0.25, -0.2) is 0 Å². The fourth-order valence-corrected chi connectivity index (χ4v) is 3.04. The first-order valence-electron chi connectivity index (χ1n) is 9.65. The number of rotatable bonds is 8. The van der Waals surface area contributed by atoms with Gasteiger partial charge in [-0.15, -0.1) is 0 Å². The second kappa shape index (κ2) is 9.31. The average Bonchev–Trinajstić information content (AvgIpc) is 2.71. The molecule has 2 aromatic rings. The summed E-state index contributed by atoms with van der Waals surface area (Å²) in [5.74, 6) is 2.01. The molecule has 0 radical (unpaired) electrons. The van der Waals surface area contributed by atoms with Gasteiger partial charge in [0.1, 0.15) is 5.75 Å². The highest BCUT2D eigenvalue weighted by Crippen LogP contribution is 2.33. The maximum atomic E-state index is 12.8. The maximum absolute atomic E-state index is 12.8. The van der Waals surface area contributed by atoms with Gasteiger partial charge in [0, 0.05) is 17.5 Å². The van der Waals surface area contributed by atoms with E-state index in [-0.39, 0.29) is 11.9 Å². The van der Waals surface area contributed by atoms with Gasteiger partial charge in [0.15, 0.2) is 11.5 Å². The van der Waals surface area contributed by atoms with Gasteiger partial charge in [-0.3, -0.25) is 4.79 Å². The van der Waals surface area contributed by atoms with Gasteiger partial charge < -0.3 is 19.5 Å². The SMILES string of the molecule is CCCOc1ccc(C(=O)NC2CCOc3ccccc32)cc1OCCC. The van der Waals surface area contributed by atoms with Crippen molar-refractivity contribution in [1.82, 2.24) is 5.32 Å². The molecule has 0 fully saturated rings. The topological polar surface area (TPSA) is 56.8 Å². The Bertz CT molecular complexity index is 775. The van der Waals surface area contributed by atoms with Crippen LogP contribution in [-0.4, -0.2) is 25.7 Å². The average molecular weight is 369 g/mol. The number of carbonyl (C=O) groups is 1. The Morgan fingerprint density at radius 1 is 1.07 bits per heavy atom. The first kappa shape index (κ1) is 19.1. The van der Waals surface area contributed by atoms with Crippen LogP contribution in [0.5, 0.6) is 17.2 Å². The third-order valence-electron chi connectivity index (χ3n) is 4.39. The zero-order chi connectivity index (χ0) is 19.1. The Labute approximate surface area is 160 Å². The van der Waals surface area contributed by atoms with Gasteiger partial charge in [0.05, 0.1) is 25.9 Å². The molecule has 1 N–H and O–H groups in total. The fourth-order valence-electron chi connectivity index (χ4n) is 3.04. The second-order valence-corrected chi connectivity index (χ2v) is 6.56. The second-order valence-electron chi connectivity index (χ2n) is 6.56. The standard InChI is InChI=1S/C22H27NO4/c1-3-12-25-20-10-9-16(15-21(20)26-13-4-2)22(24)23-18-11-14-27-19-8-6-5-7-17(18)19/h5-10,15,18H,3-4,11-14H2,1-2H3,(H,23,24). The Morgan fingerprint density at radius 2 is 1.81 bits per heavy atom. The highest BCUT2D eigenvalue weighted by molar-refractivity contribution is 5.95. The van der Waals surface area contributed by atoms with Gasteiger partial charge >= 0.3 is 0 Å². The highest BCUT2D eigenvalue weighted by atomic mass is 16.5. The van der Waals surface area contributed by atoms with Gasteiger partial charge in [0.25, 0.3) is 5.91 Å². The van der Waals surface area contributed by atoms with Crippen LogP contribution in [0.25, 0.3) is 0 Å². The molecular weight excluding hydrogens is 342 g/mol. The van der Waals surface area contributed by atoms with Crippen LogP contribution in [0.2, 0.25) is 0 Å². The summed E-state index contributed by atoms with van der Waals surface area (Å²) in [5.41, 5.74) is 1.58. The Balaban J connectivity index is 1.76. The maximum Gasteiger partial charge on any atom is 0.251 e. The van der Waals surface area contributed by atoms with Crippen molar-refractivity contribution in [2.24, 2.45) is 0 Å². The van der Waals surface area contributed by atoms with E-state index in [0.717, 1.165) is 30.6 Å². The molecule has 5 nitrogen and oxygen atoms in total. The van der Waals surface area contributed by atoms with Gasteiger partial charge in [0.2, 0.25) is 0 Å². The van der Waals surface area contributed by atoms with Crippen LogP contribution in [0.3, 0.4) is 0 Å². The third kappa shape index (κ3) is 4.73. The zero-order valence-electron chi connectivity index (χ0n) is 16.0. The van der Waals surface area contributed by atoms with Crippen molar-refractivity contribution in [3.05, 3.63) is 53.6 Å². The predicted octanol–water partition coefficient (Wildman–Crippen LogP) is 4.52. The van der Waals surface area contributed by atoms with E-state index in [1.165, 1.54) is 0 Å². The minimum atomic E-state index is -0.125. The van der Waals surface area contributed by atoms with E-state index in [4.69, 9.17) is 14.2 Å². The molecule has 0 saturated carbocycles. The lowest BCUT2D eigenvalue weighted by molar-refractivity contribution is 0.0924. The number of carbonyl (C=O) groups excluding carboxylic acids is 1. The van der Waals surface area contributed by atoms with Crippen molar-refractivity contribution in [1.29, 1.82) is 0 Å². The third-order valence-corrected chi connectivity index (χ3v) is 4.39. The van der Waals surface area contributed by atoms with Crippen LogP contribution < -0.4 is 19.5 Å². The Morgan fingerprint density at radius 3 is 2.59 bits per heavy atom. The van der Waals surface area contributed by atoms with Crippen LogP contribution in [0, 0.1) is 0 Å². The largest absolute Gasteiger partial charge is 0.493 e. The Hall–Kier alpha value is -2.69. The zero-order valence-corrected chi connectivity index (χ0v) is 16.0. The molecule has 1 amide bonds. The van der Waals surface area contributed by atoms with Crippen LogP contribution in [0.1, 0.15) is 55.1 Å². The van der Waals surface area contributed by atoms with Crippen molar-refractivity contribution in [3.63, 3.8) is 0 Å². The summed E-state index contributed by atoms with van der Waals surface area (Å²) in [7, 11) is 0. The Kier molecular flexibility index (Phi) is 6.58. The molecule has 1 heterocycles. The van der Waals surface area contributed by atoms with Crippen molar-refractivity contribution >= 4 is 5.91 Å². The van der Waals surface area contributed by atoms with Gasteiger partial charge in [-0.1, -0.05) is 32.0 Å². The van der Waals surface area contributed by atoms with E-state index in [1.54, 1.807) is 12.1 Å². The number of benzene rings is 2. The minimum Gasteiger partial charge on any atom is -0.493 e. The van der Waals surface area contributed by atoms with E-state index in [2.05, 4.69) is 12.2 Å². The summed E-state index contributed by atoms with van der Waals surface area (Å²) >= 11 is 0. The molecule has 1 atom stereocenters. The van der Waals surface area contributed by atoms with E-state index >= 15 is 0 Å². The molecule has 0 bridgehead atoms. The number of hydrogen-bond acceptors (Lipinski definition) is 4. The molecule has 0 aromatic heterocycles. The molecule has 0 spiro atoms. The number of hydrogen-bond donors (Lipinski definition) is 1. The number of amides is 1. The smallest absolute Gasteiger partial charge is 0.251 e. The monoisotopic (exact) mass is 369 g/mol. The minimum absolute atomic E-state index is 0.0570. The summed E-state index contributed by atoms with van der Waals surface area (Å²) < 4.78 is 17.2. The molecule has 0 saturated heterocycles. The summed E-state index contributed by atoms with van der Waals surface area (Å²) in [6.07, 6.45) is 2.56. The predicted molar refractivity (Wildman–Crippen MR) is 105 cm³/mol. The molecule has 1 unspecified atom stereocenters. The molecule has 27 heavy (non-hydrogen) atoms. The fraction of sp³-hybridized carbons (Fsp3) is 0.409. The highest BCUT2D eigenvalue weighted by Gasteiger charge is 2.23. The molecule has 0 aliphatic carbocycles. The van der Waals surface area contributed by atoms with Crippen LogP contribution in [0.4, 0.5) is 0 Å². The quantitative estimate of drug-likeness (QED) is 0.743. The summed E-state index contributed by atoms with van der Waals surface area (Å²) in [4.78, 5) is 12.8. The van der Waals surface area contributed by atoms with Crippen molar-refractivity contribution in [2.75, 3.05) is 19.8 Å². The molecular formula is C22H27NO4. The molecule has 5 heteroatoms. The molecule has 1 aliphatic rings. The summed E-state index contributed by atoms with van der Waals surface area (Å²) in [6.45, 7) is 5.90. The molecule has 144 valence electrons. The van der Waals surface area contributed by atoms with E-state index < -0.39 is 0 Å². The van der Waals surface area contributed by atoms with E-state index in [0.29, 0.717) is 36.9 Å². The normalized spacial score (nSPS) is 15.4. The van der Waals surface area contributed by atoms with Gasteiger partial charge in [-0.05, 0) is 37.1 Å². The van der Waals surface area contributed by atoms with Crippen molar-refractivity contribution < 1.29 is 19.0 Å². The lowest BCUT2D eigenvalue weighted by Crippen LogP contribution is -2.32. The number of fused-ring (bicyclic) bond motifs is 1. The number of para-hydroxylation sites is 1. The van der Waals surface area contributed by atoms with Crippen molar-refractivity contribution in [2.45, 2.75) is 39.2 Å². The summed E-state index contributed by atoms with van der Waals surface area (Å²) in [6, 6.07) is 13.1. The van der Waals surface area contributed by atoms with Crippen LogP contribution in [0.15, 0.2) is 42.5 Å². The van der Waals surface area contributed by atoms with E-state index in [9.17, 15) is 4.79 Å². The number of ether oxygens (including phenoxy) is 3. The van der Waals surface area contributed by atoms with Crippen LogP contribution in [-0.2, 0) is 0 Å².